The van der Waals surface area contributed by atoms with Gasteiger partial charge in [0.15, 0.2) is 5.69 Å². The maximum atomic E-state index is 13.2. The van der Waals surface area contributed by atoms with E-state index in [2.05, 4.69) is 14.6 Å². The molecule has 0 saturated carbocycles. The smallest absolute Gasteiger partial charge is 0.275 e. The van der Waals surface area contributed by atoms with Gasteiger partial charge in [-0.1, -0.05) is 4.49 Å². The van der Waals surface area contributed by atoms with Crippen LogP contribution in [0, 0.1) is 5.41 Å². The van der Waals surface area contributed by atoms with Crippen LogP contribution < -0.4 is 0 Å². The van der Waals surface area contributed by atoms with Crippen LogP contribution in [0.25, 0.3) is 0 Å². The predicted molar refractivity (Wildman–Crippen MR) is 96.4 cm³/mol. The second-order valence-electron chi connectivity index (χ2n) is 7.05. The molecule has 4 heterocycles. The van der Waals surface area contributed by atoms with E-state index in [-0.39, 0.29) is 17.2 Å². The molecule has 2 amide bonds. The van der Waals surface area contributed by atoms with Crippen molar-refractivity contribution in [2.45, 2.75) is 32.2 Å². The molecule has 2 aliphatic rings. The van der Waals surface area contributed by atoms with Crippen LogP contribution in [0.2, 0.25) is 0 Å². The van der Waals surface area contributed by atoms with Gasteiger partial charge >= 0.3 is 0 Å². The highest BCUT2D eigenvalue weighted by Gasteiger charge is 2.46. The van der Waals surface area contributed by atoms with E-state index in [1.54, 1.807) is 22.7 Å². The van der Waals surface area contributed by atoms with Gasteiger partial charge < -0.3 is 9.80 Å². The first-order valence-corrected chi connectivity index (χ1v) is 9.76. The highest BCUT2D eigenvalue weighted by atomic mass is 32.1. The van der Waals surface area contributed by atoms with Gasteiger partial charge in [0.25, 0.3) is 5.91 Å². The van der Waals surface area contributed by atoms with Gasteiger partial charge in [0.1, 0.15) is 0 Å². The number of pyridine rings is 1. The molecule has 0 radical (unpaired) electrons. The second kappa shape index (κ2) is 7.11. The minimum Gasteiger partial charge on any atom is -0.338 e. The third kappa shape index (κ3) is 3.21. The molecular formula is C18H21N5O2S. The third-order valence-electron chi connectivity index (χ3n) is 5.53. The van der Waals surface area contributed by atoms with E-state index in [1.807, 2.05) is 17.0 Å². The Kier molecular flexibility index (Phi) is 4.67. The molecule has 0 bridgehead atoms. The number of nitrogens with zero attached hydrogens (tertiary/aromatic N) is 5. The lowest BCUT2D eigenvalue weighted by Gasteiger charge is -2.46. The molecule has 1 spiro atoms. The van der Waals surface area contributed by atoms with Gasteiger partial charge in [-0.15, -0.1) is 5.10 Å². The number of likely N-dealkylation sites (tertiary alicyclic amines) is 2. The molecule has 2 fully saturated rings. The van der Waals surface area contributed by atoms with E-state index >= 15 is 0 Å². The number of rotatable bonds is 3. The first-order chi connectivity index (χ1) is 12.7. The van der Waals surface area contributed by atoms with Gasteiger partial charge in [-0.05, 0) is 54.9 Å². The predicted octanol–water partition coefficient (Wildman–Crippen LogP) is 1.98. The van der Waals surface area contributed by atoms with Crippen LogP contribution in [-0.2, 0) is 11.3 Å². The average Bonchev–Trinajstić information content (AvgIpc) is 3.21. The molecule has 2 aliphatic heterocycles. The van der Waals surface area contributed by atoms with Crippen molar-refractivity contribution in [2.75, 3.05) is 19.6 Å². The minimum atomic E-state index is -0.317. The number of amides is 2. The van der Waals surface area contributed by atoms with E-state index in [9.17, 15) is 9.59 Å². The fourth-order valence-electron chi connectivity index (χ4n) is 4.03. The highest BCUT2D eigenvalue weighted by molar-refractivity contribution is 7.03. The molecule has 0 atom stereocenters. The van der Waals surface area contributed by atoms with Crippen molar-refractivity contribution < 1.29 is 9.59 Å². The largest absolute Gasteiger partial charge is 0.338 e. The van der Waals surface area contributed by atoms with Crippen molar-refractivity contribution in [1.82, 2.24) is 24.4 Å². The Bertz CT molecular complexity index is 772. The molecule has 4 rings (SSSR count). The maximum Gasteiger partial charge on any atom is 0.275 e. The lowest BCUT2D eigenvalue weighted by molar-refractivity contribution is -0.150. The van der Waals surface area contributed by atoms with Crippen molar-refractivity contribution in [3.8, 4) is 0 Å². The Balaban J connectivity index is 1.42. The second-order valence-corrected chi connectivity index (χ2v) is 7.66. The first-order valence-electron chi connectivity index (χ1n) is 8.93. The van der Waals surface area contributed by atoms with Crippen molar-refractivity contribution in [1.29, 1.82) is 0 Å². The molecule has 2 aromatic heterocycles. The Morgan fingerprint density at radius 2 is 1.92 bits per heavy atom. The fraction of sp³-hybridized carbons (Fsp3) is 0.500. The summed E-state index contributed by atoms with van der Waals surface area (Å²) in [6, 6.07) is 3.91. The normalized spacial score (nSPS) is 19.8. The number of aromatic nitrogens is 3. The number of hydrogen-bond acceptors (Lipinski definition) is 6. The van der Waals surface area contributed by atoms with Crippen LogP contribution in [0.5, 0.6) is 0 Å². The first kappa shape index (κ1) is 17.1. The molecule has 26 heavy (non-hydrogen) atoms. The van der Waals surface area contributed by atoms with Gasteiger partial charge in [0, 0.05) is 44.0 Å². The van der Waals surface area contributed by atoms with E-state index in [0.29, 0.717) is 25.3 Å². The summed E-state index contributed by atoms with van der Waals surface area (Å²) in [6.45, 7) is 2.64. The van der Waals surface area contributed by atoms with Gasteiger partial charge in [0.2, 0.25) is 5.91 Å². The van der Waals surface area contributed by atoms with E-state index in [1.165, 1.54) is 11.5 Å². The van der Waals surface area contributed by atoms with Crippen molar-refractivity contribution in [3.05, 3.63) is 41.2 Å². The zero-order chi connectivity index (χ0) is 18.0. The topological polar surface area (TPSA) is 79.3 Å². The van der Waals surface area contributed by atoms with Crippen molar-refractivity contribution in [2.24, 2.45) is 5.41 Å². The molecule has 0 aliphatic carbocycles. The van der Waals surface area contributed by atoms with Gasteiger partial charge in [-0.3, -0.25) is 14.6 Å². The summed E-state index contributed by atoms with van der Waals surface area (Å²) in [5, 5.41) is 5.54. The molecular weight excluding hydrogens is 350 g/mol. The van der Waals surface area contributed by atoms with E-state index in [0.717, 1.165) is 37.8 Å². The van der Waals surface area contributed by atoms with E-state index < -0.39 is 0 Å². The molecule has 136 valence electrons. The average molecular weight is 371 g/mol. The Morgan fingerprint density at radius 1 is 1.15 bits per heavy atom. The number of piperidine rings is 2. The van der Waals surface area contributed by atoms with Crippen LogP contribution in [0.1, 0.15) is 41.7 Å². The van der Waals surface area contributed by atoms with Crippen LogP contribution in [0.4, 0.5) is 0 Å². The lowest BCUT2D eigenvalue weighted by atomic mass is 9.71. The molecule has 0 N–H and O–H groups in total. The van der Waals surface area contributed by atoms with Crippen molar-refractivity contribution >= 4 is 23.3 Å². The summed E-state index contributed by atoms with van der Waals surface area (Å²) >= 11 is 1.18. The van der Waals surface area contributed by atoms with Gasteiger partial charge in [-0.25, -0.2) is 0 Å². The standard InChI is InChI=1S/C18H21N5O2S/c24-16(15-13-26-21-20-15)22-10-5-18(6-11-22)4-1-9-23(17(18)25)12-14-2-7-19-8-3-14/h2-3,7-8,13H,1,4-6,9-12H2. The SMILES string of the molecule is O=C(c1csnn1)N1CCC2(CCCN(Cc3ccncc3)C2=O)CC1. The maximum absolute atomic E-state index is 13.2. The fourth-order valence-corrected chi connectivity index (χ4v) is 4.46. The molecule has 2 saturated heterocycles. The Morgan fingerprint density at radius 3 is 2.62 bits per heavy atom. The highest BCUT2D eigenvalue weighted by Crippen LogP contribution is 2.41. The zero-order valence-corrected chi connectivity index (χ0v) is 15.3. The summed E-state index contributed by atoms with van der Waals surface area (Å²) in [4.78, 5) is 33.5. The zero-order valence-electron chi connectivity index (χ0n) is 14.5. The van der Waals surface area contributed by atoms with Gasteiger partial charge in [0.05, 0.1) is 5.41 Å². The summed E-state index contributed by atoms with van der Waals surface area (Å²) in [6.07, 6.45) is 6.90. The molecule has 2 aromatic rings. The van der Waals surface area contributed by atoms with E-state index in [4.69, 9.17) is 0 Å². The van der Waals surface area contributed by atoms with Crippen LogP contribution in [0.15, 0.2) is 29.9 Å². The Labute approximate surface area is 156 Å². The Hall–Kier alpha value is -2.35. The van der Waals surface area contributed by atoms with Crippen LogP contribution in [0.3, 0.4) is 0 Å². The van der Waals surface area contributed by atoms with Gasteiger partial charge in [-0.2, -0.15) is 0 Å². The summed E-state index contributed by atoms with van der Waals surface area (Å²) in [5.41, 5.74) is 1.19. The van der Waals surface area contributed by atoms with Crippen LogP contribution >= 0.6 is 11.5 Å². The molecule has 0 aromatic carbocycles. The van der Waals surface area contributed by atoms with Crippen molar-refractivity contribution in [3.63, 3.8) is 0 Å². The summed E-state index contributed by atoms with van der Waals surface area (Å²) < 4.78 is 3.76. The third-order valence-corrected chi connectivity index (χ3v) is 6.04. The number of hydrogen-bond donors (Lipinski definition) is 0. The quantitative estimate of drug-likeness (QED) is 0.824. The number of carbonyl (C=O) groups excluding carboxylic acids is 2. The monoisotopic (exact) mass is 371 g/mol. The molecule has 8 heteroatoms. The molecule has 0 unspecified atom stereocenters. The molecule has 7 nitrogen and oxygen atoms in total. The number of carbonyl (C=O) groups is 2. The summed E-state index contributed by atoms with van der Waals surface area (Å²) in [7, 11) is 0. The lowest BCUT2D eigenvalue weighted by Crippen LogP contribution is -2.54. The minimum absolute atomic E-state index is 0.0782. The van der Waals surface area contributed by atoms with Crippen LogP contribution in [-0.4, -0.2) is 55.8 Å². The summed E-state index contributed by atoms with van der Waals surface area (Å²) in [5.74, 6) is 0.161.